The Morgan fingerprint density at radius 2 is 1.59 bits per heavy atom. The topological polar surface area (TPSA) is 190 Å². The summed E-state index contributed by atoms with van der Waals surface area (Å²) in [5.74, 6) is 7.84. The smallest absolute Gasteiger partial charge is 0.239 e. The van der Waals surface area contributed by atoms with E-state index in [4.69, 9.17) is 26.7 Å². The van der Waals surface area contributed by atoms with Gasteiger partial charge in [-0.2, -0.15) is 5.26 Å². The number of hydrazine groups is 1. The molecule has 0 spiro atoms. The highest BCUT2D eigenvalue weighted by Gasteiger charge is 2.24. The number of nitrogens with two attached hydrogens (primary N) is 4. The zero-order valence-electron chi connectivity index (χ0n) is 20.4. The molecule has 1 amide bonds. The van der Waals surface area contributed by atoms with Crippen LogP contribution in [-0.4, -0.2) is 30.6 Å². The number of nitrogens with one attached hydrogen (secondary N) is 1. The molecular formula is C25H39N7O2. The normalized spacial score (nSPS) is 11.4. The van der Waals surface area contributed by atoms with Crippen LogP contribution in [0.15, 0.2) is 60.7 Å². The van der Waals surface area contributed by atoms with Crippen LogP contribution >= 0.6 is 0 Å². The van der Waals surface area contributed by atoms with Crippen LogP contribution in [0.1, 0.15) is 44.2 Å². The lowest BCUT2D eigenvalue weighted by atomic mass is 9.99. The second-order valence-corrected chi connectivity index (χ2v) is 7.63. The van der Waals surface area contributed by atoms with Crippen molar-refractivity contribution in [3.63, 3.8) is 0 Å². The van der Waals surface area contributed by atoms with Gasteiger partial charge in [-0.3, -0.25) is 16.5 Å². The standard InChI is InChI=1S/C14H23N3O2.C10H11N.CHN.H4N2/c1-14(2,16)13(18)17-12(8-15)10-19-9-11-6-4-3-5-7-11;1-2-9(8-11)10-6-4-3-5-7-10;2*1-2/h3-7,12H,8-10,15-16H2,1-2H3,(H,17,18);3-7,9H,2H2,1H3;1H;1-2H2. The molecule has 0 radical (unpaired) electrons. The van der Waals surface area contributed by atoms with Crippen molar-refractivity contribution in [1.82, 2.24) is 5.32 Å². The van der Waals surface area contributed by atoms with Gasteiger partial charge in [-0.05, 0) is 31.4 Å². The molecular weight excluding hydrogens is 430 g/mol. The number of hydrogen-bond acceptors (Lipinski definition) is 8. The molecule has 2 atom stereocenters. The summed E-state index contributed by atoms with van der Waals surface area (Å²) < 4.78 is 5.55. The van der Waals surface area contributed by atoms with Crippen molar-refractivity contribution < 1.29 is 9.53 Å². The van der Waals surface area contributed by atoms with Crippen molar-refractivity contribution in [2.24, 2.45) is 23.2 Å². The average Bonchev–Trinajstić information content (AvgIpc) is 2.87. The highest BCUT2D eigenvalue weighted by molar-refractivity contribution is 5.85. The maximum absolute atomic E-state index is 11.7. The summed E-state index contributed by atoms with van der Waals surface area (Å²) in [5.41, 5.74) is 12.6. The molecule has 2 aromatic rings. The minimum atomic E-state index is -0.910. The van der Waals surface area contributed by atoms with Gasteiger partial charge in [0.1, 0.15) is 0 Å². The predicted octanol–water partition coefficient (Wildman–Crippen LogP) is 2.05. The van der Waals surface area contributed by atoms with Crippen LogP contribution in [0, 0.1) is 23.2 Å². The van der Waals surface area contributed by atoms with E-state index < -0.39 is 5.54 Å². The van der Waals surface area contributed by atoms with Crippen molar-refractivity contribution in [3.05, 3.63) is 71.8 Å². The molecule has 2 rings (SSSR count). The zero-order chi connectivity index (χ0) is 26.4. The number of nitrogens with zero attached hydrogens (tertiary/aromatic N) is 2. The molecule has 9 heteroatoms. The van der Waals surface area contributed by atoms with Crippen LogP contribution in [0.2, 0.25) is 0 Å². The average molecular weight is 470 g/mol. The summed E-state index contributed by atoms with van der Waals surface area (Å²) in [6.45, 7) is 10.0. The number of rotatable bonds is 9. The van der Waals surface area contributed by atoms with Crippen LogP contribution in [-0.2, 0) is 16.1 Å². The Morgan fingerprint density at radius 1 is 1.09 bits per heavy atom. The third-order valence-corrected chi connectivity index (χ3v) is 4.40. The fraction of sp³-hybridized carbons (Fsp3) is 0.400. The van der Waals surface area contributed by atoms with Crippen LogP contribution in [0.25, 0.3) is 0 Å². The Kier molecular flexibility index (Phi) is 19.6. The fourth-order valence-corrected chi connectivity index (χ4v) is 2.52. The van der Waals surface area contributed by atoms with Gasteiger partial charge in [-0.25, -0.2) is 5.26 Å². The van der Waals surface area contributed by atoms with Crippen molar-refractivity contribution in [3.8, 4) is 12.6 Å². The predicted molar refractivity (Wildman–Crippen MR) is 135 cm³/mol. The van der Waals surface area contributed by atoms with Gasteiger partial charge < -0.3 is 21.5 Å². The molecule has 0 aliphatic carbocycles. The molecule has 0 saturated heterocycles. The molecule has 9 N–H and O–H groups in total. The van der Waals surface area contributed by atoms with Crippen molar-refractivity contribution in [2.45, 2.75) is 51.3 Å². The number of amides is 1. The summed E-state index contributed by atoms with van der Waals surface area (Å²) >= 11 is 0. The van der Waals surface area contributed by atoms with Gasteiger partial charge in [-0.1, -0.05) is 67.6 Å². The van der Waals surface area contributed by atoms with Crippen LogP contribution in [0.5, 0.6) is 0 Å². The first kappa shape index (κ1) is 32.9. The Hall–Kier alpha value is -3.31. The summed E-state index contributed by atoms with van der Waals surface area (Å²) in [4.78, 5) is 11.7. The lowest BCUT2D eigenvalue weighted by molar-refractivity contribution is -0.126. The van der Waals surface area contributed by atoms with Gasteiger partial charge in [0.05, 0.1) is 36.8 Å². The van der Waals surface area contributed by atoms with E-state index in [0.717, 1.165) is 17.5 Å². The Labute approximate surface area is 203 Å². The quantitative estimate of drug-likeness (QED) is 0.272. The van der Waals surface area contributed by atoms with Crippen LogP contribution < -0.4 is 28.5 Å². The summed E-state index contributed by atoms with van der Waals surface area (Å²) in [5, 5.41) is 18.0. The van der Waals surface area contributed by atoms with E-state index in [-0.39, 0.29) is 17.9 Å². The summed E-state index contributed by atoms with van der Waals surface area (Å²) in [6, 6.07) is 21.8. The lowest BCUT2D eigenvalue weighted by Gasteiger charge is -2.23. The maximum atomic E-state index is 11.7. The van der Waals surface area contributed by atoms with E-state index in [9.17, 15) is 4.79 Å². The molecule has 34 heavy (non-hydrogen) atoms. The van der Waals surface area contributed by atoms with Crippen molar-refractivity contribution in [1.29, 1.82) is 10.5 Å². The van der Waals surface area contributed by atoms with E-state index in [1.807, 2.05) is 67.6 Å². The van der Waals surface area contributed by atoms with E-state index in [0.29, 0.717) is 19.8 Å². The largest absolute Gasteiger partial charge is 0.375 e. The molecule has 2 unspecified atom stereocenters. The number of nitriles is 2. The van der Waals surface area contributed by atoms with E-state index in [1.165, 1.54) is 0 Å². The minimum Gasteiger partial charge on any atom is -0.375 e. The SMILES string of the molecule is C#N.CC(C)(N)C(=O)NC(CN)COCc1ccccc1.CCC(C#N)c1ccccc1.NN. The van der Waals surface area contributed by atoms with E-state index >= 15 is 0 Å². The molecule has 0 fully saturated rings. The van der Waals surface area contributed by atoms with Gasteiger partial charge in [0.2, 0.25) is 5.91 Å². The third kappa shape index (κ3) is 14.7. The maximum Gasteiger partial charge on any atom is 0.239 e. The van der Waals surface area contributed by atoms with E-state index in [1.54, 1.807) is 13.8 Å². The lowest BCUT2D eigenvalue weighted by Crippen LogP contribution is -2.54. The molecule has 0 bridgehead atoms. The Morgan fingerprint density at radius 3 is 2.00 bits per heavy atom. The minimum absolute atomic E-state index is 0.0659. The molecule has 0 aliphatic rings. The van der Waals surface area contributed by atoms with Gasteiger partial charge in [0.25, 0.3) is 0 Å². The van der Waals surface area contributed by atoms with Gasteiger partial charge in [0, 0.05) is 13.1 Å². The molecule has 0 aromatic heterocycles. The van der Waals surface area contributed by atoms with E-state index in [2.05, 4.69) is 29.6 Å². The van der Waals surface area contributed by atoms with Crippen molar-refractivity contribution in [2.75, 3.05) is 13.2 Å². The Bertz CT molecular complexity index is 816. The first-order valence-corrected chi connectivity index (χ1v) is 10.8. The summed E-state index contributed by atoms with van der Waals surface area (Å²) in [7, 11) is 0. The molecule has 9 nitrogen and oxygen atoms in total. The number of carbonyl (C=O) groups is 1. The fourth-order valence-electron chi connectivity index (χ4n) is 2.52. The first-order chi connectivity index (χ1) is 16.3. The molecule has 0 saturated carbocycles. The summed E-state index contributed by atoms with van der Waals surface area (Å²) in [6.07, 6.45) is 0.889. The number of ether oxygens (including phenoxy) is 1. The number of benzene rings is 2. The third-order valence-electron chi connectivity index (χ3n) is 4.40. The van der Waals surface area contributed by atoms with Crippen LogP contribution in [0.3, 0.4) is 0 Å². The van der Waals surface area contributed by atoms with Gasteiger partial charge in [0.15, 0.2) is 0 Å². The highest BCUT2D eigenvalue weighted by Crippen LogP contribution is 2.17. The number of carbonyl (C=O) groups excluding carboxylic acids is 1. The monoisotopic (exact) mass is 469 g/mol. The molecule has 2 aromatic carbocycles. The Balaban J connectivity index is 0. The number of hydrogen-bond donors (Lipinski definition) is 5. The van der Waals surface area contributed by atoms with Crippen molar-refractivity contribution >= 4 is 5.91 Å². The zero-order valence-corrected chi connectivity index (χ0v) is 20.4. The van der Waals surface area contributed by atoms with Gasteiger partial charge in [-0.15, -0.1) is 0 Å². The molecule has 186 valence electrons. The van der Waals surface area contributed by atoms with Gasteiger partial charge >= 0.3 is 0 Å². The highest BCUT2D eigenvalue weighted by atomic mass is 16.5. The second-order valence-electron chi connectivity index (χ2n) is 7.63. The first-order valence-electron chi connectivity index (χ1n) is 10.8. The molecule has 0 aliphatic heterocycles. The molecule has 0 heterocycles. The second kappa shape index (κ2) is 20.3. The van der Waals surface area contributed by atoms with Crippen LogP contribution in [0.4, 0.5) is 0 Å².